The van der Waals surface area contributed by atoms with Crippen molar-refractivity contribution in [2.75, 3.05) is 0 Å². The number of phenolic OH excluding ortho intramolecular Hbond substituents is 1. The number of fused-ring (bicyclic) bond motifs is 1. The highest BCUT2D eigenvalue weighted by atomic mass is 16.4. The van der Waals surface area contributed by atoms with Crippen LogP contribution in [0.1, 0.15) is 37.3 Å². The quantitative estimate of drug-likeness (QED) is 0.661. The molecule has 7 nitrogen and oxygen atoms in total. The molecule has 0 aliphatic carbocycles. The summed E-state index contributed by atoms with van der Waals surface area (Å²) in [5.41, 5.74) is 0.773. The van der Waals surface area contributed by atoms with Crippen molar-refractivity contribution in [2.45, 2.75) is 45.6 Å². The van der Waals surface area contributed by atoms with Gasteiger partial charge in [0.2, 0.25) is 5.91 Å². The van der Waals surface area contributed by atoms with Crippen LogP contribution < -0.4 is 10.9 Å². The second kappa shape index (κ2) is 7.83. The molecule has 1 atom stereocenters. The third-order valence-corrected chi connectivity index (χ3v) is 4.08. The number of nitrogens with one attached hydrogen (secondary N) is 1. The molecule has 3 N–H and O–H groups in total. The molecule has 2 aromatic rings. The first kappa shape index (κ1) is 18.5. The molecule has 0 spiro atoms. The van der Waals surface area contributed by atoms with Gasteiger partial charge < -0.3 is 19.9 Å². The molecule has 1 amide bonds. The first-order valence-corrected chi connectivity index (χ1v) is 8.11. The van der Waals surface area contributed by atoms with Gasteiger partial charge in [-0.1, -0.05) is 13.3 Å². The largest absolute Gasteiger partial charge is 0.508 e. The average Bonchev–Trinajstić information content (AvgIpc) is 2.53. The zero-order valence-corrected chi connectivity index (χ0v) is 14.2. The number of benzene rings is 1. The number of amides is 1. The molecule has 0 radical (unpaired) electrons. The average molecular weight is 347 g/mol. The molecular formula is C18H21NO6. The molecule has 0 bridgehead atoms. The number of aromatic hydroxyl groups is 1. The molecule has 1 unspecified atom stereocenters. The van der Waals surface area contributed by atoms with Gasteiger partial charge in [-0.2, -0.15) is 0 Å². The van der Waals surface area contributed by atoms with E-state index in [1.54, 1.807) is 13.0 Å². The standard InChI is InChI=1S/C18H21NO6/c1-3-4-14(17(22)23)19-16(21)8-7-13-10(2)12-6-5-11(20)9-15(12)25-18(13)24/h5-6,9,14,20H,3-4,7-8H2,1-2H3,(H,19,21)(H,22,23). The van der Waals surface area contributed by atoms with E-state index in [0.29, 0.717) is 29.4 Å². The second-order valence-electron chi connectivity index (χ2n) is 5.92. The van der Waals surface area contributed by atoms with Crippen LogP contribution in [0.4, 0.5) is 0 Å². The van der Waals surface area contributed by atoms with Crippen LogP contribution in [0.15, 0.2) is 27.4 Å². The van der Waals surface area contributed by atoms with E-state index in [1.165, 1.54) is 12.1 Å². The molecule has 0 fully saturated rings. The van der Waals surface area contributed by atoms with Gasteiger partial charge in [-0.3, -0.25) is 4.79 Å². The molecule has 1 heterocycles. The molecule has 25 heavy (non-hydrogen) atoms. The number of carbonyl (C=O) groups is 2. The molecule has 2 rings (SSSR count). The monoisotopic (exact) mass is 347 g/mol. The number of rotatable bonds is 7. The van der Waals surface area contributed by atoms with Gasteiger partial charge in [-0.15, -0.1) is 0 Å². The van der Waals surface area contributed by atoms with Crippen LogP contribution in [0, 0.1) is 6.92 Å². The Hall–Kier alpha value is -2.83. The minimum atomic E-state index is -1.07. The van der Waals surface area contributed by atoms with E-state index in [4.69, 9.17) is 9.52 Å². The van der Waals surface area contributed by atoms with E-state index in [2.05, 4.69) is 5.32 Å². The zero-order chi connectivity index (χ0) is 18.6. The van der Waals surface area contributed by atoms with Gasteiger partial charge in [0.25, 0.3) is 0 Å². The van der Waals surface area contributed by atoms with Crippen molar-refractivity contribution in [3.8, 4) is 5.75 Å². The van der Waals surface area contributed by atoms with Crippen molar-refractivity contribution in [3.05, 3.63) is 39.7 Å². The van der Waals surface area contributed by atoms with E-state index in [0.717, 1.165) is 0 Å². The van der Waals surface area contributed by atoms with Crippen LogP contribution in [-0.4, -0.2) is 28.1 Å². The summed E-state index contributed by atoms with van der Waals surface area (Å²) in [7, 11) is 0. The maximum Gasteiger partial charge on any atom is 0.339 e. The van der Waals surface area contributed by atoms with Crippen molar-refractivity contribution >= 4 is 22.8 Å². The molecule has 7 heteroatoms. The lowest BCUT2D eigenvalue weighted by atomic mass is 10.0. The summed E-state index contributed by atoms with van der Waals surface area (Å²) in [6, 6.07) is 3.58. The SMILES string of the molecule is CCCC(NC(=O)CCc1c(C)c2ccc(O)cc2oc1=O)C(=O)O. The van der Waals surface area contributed by atoms with E-state index in [1.807, 2.05) is 6.92 Å². The molecule has 1 aromatic heterocycles. The van der Waals surface area contributed by atoms with Crippen LogP contribution in [0.3, 0.4) is 0 Å². The van der Waals surface area contributed by atoms with Crippen LogP contribution >= 0.6 is 0 Å². The number of aliphatic carboxylic acids is 1. The zero-order valence-electron chi connectivity index (χ0n) is 14.2. The molecule has 0 saturated carbocycles. The molecular weight excluding hydrogens is 326 g/mol. The van der Waals surface area contributed by atoms with Gasteiger partial charge in [0.1, 0.15) is 17.4 Å². The fourth-order valence-electron chi connectivity index (χ4n) is 2.72. The lowest BCUT2D eigenvalue weighted by Crippen LogP contribution is -2.40. The number of carbonyl (C=O) groups excluding carboxylic acids is 1. The lowest BCUT2D eigenvalue weighted by molar-refractivity contribution is -0.142. The summed E-state index contributed by atoms with van der Waals surface area (Å²) in [4.78, 5) is 35.2. The third-order valence-electron chi connectivity index (χ3n) is 4.08. The second-order valence-corrected chi connectivity index (χ2v) is 5.92. The molecule has 0 saturated heterocycles. The Labute approximate surface area is 144 Å². The summed E-state index contributed by atoms with van der Waals surface area (Å²) >= 11 is 0. The summed E-state index contributed by atoms with van der Waals surface area (Å²) in [6.07, 6.45) is 1.12. The predicted molar refractivity (Wildman–Crippen MR) is 91.7 cm³/mol. The van der Waals surface area contributed by atoms with Crippen molar-refractivity contribution in [1.82, 2.24) is 5.32 Å². The normalized spacial score (nSPS) is 12.1. The van der Waals surface area contributed by atoms with E-state index in [9.17, 15) is 19.5 Å². The Bertz CT molecular complexity index is 855. The number of carboxylic acids is 1. The van der Waals surface area contributed by atoms with Crippen molar-refractivity contribution in [2.24, 2.45) is 0 Å². The highest BCUT2D eigenvalue weighted by molar-refractivity contribution is 5.84. The van der Waals surface area contributed by atoms with Crippen molar-refractivity contribution < 1.29 is 24.2 Å². The van der Waals surface area contributed by atoms with E-state index < -0.39 is 23.5 Å². The Kier molecular flexibility index (Phi) is 5.80. The Morgan fingerprint density at radius 3 is 2.68 bits per heavy atom. The number of hydrogen-bond donors (Lipinski definition) is 3. The number of aryl methyl sites for hydroxylation is 1. The maximum atomic E-state index is 12.1. The summed E-state index contributed by atoms with van der Waals surface area (Å²) in [5, 5.41) is 21.7. The van der Waals surface area contributed by atoms with Gasteiger partial charge in [0.05, 0.1) is 0 Å². The predicted octanol–water partition coefficient (Wildman–Crippen LogP) is 2.11. The van der Waals surface area contributed by atoms with Gasteiger partial charge >= 0.3 is 11.6 Å². The maximum absolute atomic E-state index is 12.1. The van der Waals surface area contributed by atoms with Gasteiger partial charge in [0, 0.05) is 23.4 Å². The Morgan fingerprint density at radius 1 is 1.32 bits per heavy atom. The number of phenols is 1. The number of hydrogen-bond acceptors (Lipinski definition) is 5. The highest BCUT2D eigenvalue weighted by Gasteiger charge is 2.19. The van der Waals surface area contributed by atoms with Gasteiger partial charge in [0.15, 0.2) is 0 Å². The highest BCUT2D eigenvalue weighted by Crippen LogP contribution is 2.23. The summed E-state index contributed by atoms with van der Waals surface area (Å²) in [6.45, 7) is 3.59. The van der Waals surface area contributed by atoms with Crippen LogP contribution in [0.2, 0.25) is 0 Å². The van der Waals surface area contributed by atoms with Crippen molar-refractivity contribution in [1.29, 1.82) is 0 Å². The van der Waals surface area contributed by atoms with Crippen molar-refractivity contribution in [3.63, 3.8) is 0 Å². The smallest absolute Gasteiger partial charge is 0.339 e. The molecule has 0 aliphatic heterocycles. The number of carboxylic acid groups (broad SMARTS) is 1. The first-order valence-electron chi connectivity index (χ1n) is 8.11. The molecule has 0 aliphatic rings. The Morgan fingerprint density at radius 2 is 2.04 bits per heavy atom. The van der Waals surface area contributed by atoms with E-state index in [-0.39, 0.29) is 24.2 Å². The third kappa shape index (κ3) is 4.37. The topological polar surface area (TPSA) is 117 Å². The van der Waals surface area contributed by atoms with Crippen LogP contribution in [0.5, 0.6) is 5.75 Å². The molecule has 1 aromatic carbocycles. The van der Waals surface area contributed by atoms with E-state index >= 15 is 0 Å². The van der Waals surface area contributed by atoms with Gasteiger partial charge in [-0.25, -0.2) is 9.59 Å². The fraction of sp³-hybridized carbons (Fsp3) is 0.389. The summed E-state index contributed by atoms with van der Waals surface area (Å²) < 4.78 is 5.20. The first-order chi connectivity index (χ1) is 11.8. The fourth-order valence-corrected chi connectivity index (χ4v) is 2.72. The Balaban J connectivity index is 2.15. The van der Waals surface area contributed by atoms with Gasteiger partial charge in [-0.05, 0) is 37.5 Å². The minimum Gasteiger partial charge on any atom is -0.508 e. The minimum absolute atomic E-state index is 0.00202. The van der Waals surface area contributed by atoms with Crippen LogP contribution in [-0.2, 0) is 16.0 Å². The molecule has 134 valence electrons. The summed E-state index contributed by atoms with van der Waals surface area (Å²) in [5.74, 6) is -1.50. The lowest BCUT2D eigenvalue weighted by Gasteiger charge is -2.13. The van der Waals surface area contributed by atoms with Crippen LogP contribution in [0.25, 0.3) is 11.0 Å².